The van der Waals surface area contributed by atoms with Gasteiger partial charge in [-0.15, -0.1) is 0 Å². The van der Waals surface area contributed by atoms with Crippen molar-refractivity contribution in [2.75, 3.05) is 148 Å². The molecule has 135 heavy (non-hydrogen) atoms. The molecule has 20 rings (SSSR count). The van der Waals surface area contributed by atoms with Crippen molar-refractivity contribution in [3.05, 3.63) is 203 Å². The van der Waals surface area contributed by atoms with Gasteiger partial charge in [0.15, 0.2) is 34.8 Å². The van der Waals surface area contributed by atoms with Crippen LogP contribution in [0.5, 0.6) is 23.0 Å². The molecule has 0 bridgehead atoms. The van der Waals surface area contributed by atoms with E-state index in [1.165, 1.54) is 59.8 Å². The van der Waals surface area contributed by atoms with Crippen LogP contribution in [-0.2, 0) is 60.6 Å². The minimum atomic E-state index is -2.96. The molecule has 0 atom stereocenters. The molecular formula is C97H110F2N24O12. The van der Waals surface area contributed by atoms with Crippen LogP contribution in [0.3, 0.4) is 0 Å². The number of methoxy groups -OCH3 is 3. The minimum absolute atomic E-state index is 0.00450. The number of aromatic amines is 8. The lowest BCUT2D eigenvalue weighted by atomic mass is 9.95. The van der Waals surface area contributed by atoms with Gasteiger partial charge in [-0.1, -0.05) is 60.7 Å². The second-order valence-corrected chi connectivity index (χ2v) is 34.8. The zero-order valence-corrected chi connectivity index (χ0v) is 76.2. The molecule has 5 saturated heterocycles. The highest BCUT2D eigenvalue weighted by Crippen LogP contribution is 2.38. The number of aromatic nitrogens is 16. The molecule has 36 nitrogen and oxygen atoms in total. The van der Waals surface area contributed by atoms with Crippen molar-refractivity contribution in [1.29, 1.82) is 0 Å². The number of morpholine rings is 3. The molecule has 12 N–H and O–H groups in total. The Labute approximate surface area is 775 Å². The van der Waals surface area contributed by atoms with Crippen LogP contribution in [0, 0.1) is 11.8 Å². The van der Waals surface area contributed by atoms with Crippen LogP contribution < -0.4 is 40.2 Å². The van der Waals surface area contributed by atoms with Gasteiger partial charge < -0.3 is 79.1 Å². The number of hydrogen-bond donors (Lipinski definition) is 12. The number of H-pyrrole nitrogens is 8. The van der Waals surface area contributed by atoms with Gasteiger partial charge in [-0.2, -0.15) is 20.4 Å². The highest BCUT2D eigenvalue weighted by molar-refractivity contribution is 6.08. The average molecular weight is 1840 g/mol. The summed E-state index contributed by atoms with van der Waals surface area (Å²) in [6.07, 6.45) is 9.44. The Morgan fingerprint density at radius 1 is 0.393 bits per heavy atom. The summed E-state index contributed by atoms with van der Waals surface area (Å²) < 4.78 is 70.6. The van der Waals surface area contributed by atoms with Gasteiger partial charge in [-0.05, 0) is 149 Å². The van der Waals surface area contributed by atoms with Crippen LogP contribution in [0.15, 0.2) is 164 Å². The number of carbonyl (C=O) groups excluding carboxylic acids is 4. The fourth-order valence-electron chi connectivity index (χ4n) is 16.8. The fraction of sp³-hybridized carbons (Fsp3) is 0.361. The number of hydrogen-bond acceptors (Lipinski definition) is 24. The summed E-state index contributed by atoms with van der Waals surface area (Å²) in [5.41, 5.74) is 16.4. The maximum atomic E-state index is 13.4. The van der Waals surface area contributed by atoms with Crippen molar-refractivity contribution >= 4 is 90.5 Å². The zero-order chi connectivity index (χ0) is 93.5. The molecule has 15 aromatic rings. The van der Waals surface area contributed by atoms with Crippen LogP contribution >= 0.6 is 0 Å². The minimum Gasteiger partial charge on any atom is -0.496 e. The Kier molecular flexibility index (Phi) is 29.1. The van der Waals surface area contributed by atoms with Gasteiger partial charge in [0.2, 0.25) is 11.8 Å². The van der Waals surface area contributed by atoms with Gasteiger partial charge in [-0.3, -0.25) is 59.2 Å². The van der Waals surface area contributed by atoms with Crippen LogP contribution in [0.4, 0.5) is 31.5 Å². The smallest absolute Gasteiger partial charge is 0.270 e. The van der Waals surface area contributed by atoms with Gasteiger partial charge in [-0.25, -0.2) is 28.7 Å². The molecular weight excluding hydrogens is 1730 g/mol. The summed E-state index contributed by atoms with van der Waals surface area (Å²) >= 11 is 0. The molecule has 38 heteroatoms. The predicted octanol–water partition coefficient (Wildman–Crippen LogP) is 14.3. The third-order valence-corrected chi connectivity index (χ3v) is 24.0. The number of imidazole rings is 4. The van der Waals surface area contributed by atoms with Gasteiger partial charge in [0.25, 0.3) is 17.7 Å². The van der Waals surface area contributed by atoms with E-state index in [2.05, 4.69) is 172 Å². The molecule has 13 heterocycles. The molecule has 8 aromatic heterocycles. The highest BCUT2D eigenvalue weighted by atomic mass is 19.3. The number of halogens is 2. The number of alkyl halides is 2. The van der Waals surface area contributed by atoms with E-state index in [1.54, 1.807) is 51.0 Å². The first-order chi connectivity index (χ1) is 65.5. The number of rotatable bonds is 25. The topological polar surface area (TPSA) is 433 Å². The lowest BCUT2D eigenvalue weighted by Gasteiger charge is -2.31. The average Bonchev–Trinajstić information content (AvgIpc) is 1.65. The highest BCUT2D eigenvalue weighted by Gasteiger charge is 2.31. The Morgan fingerprint density at radius 2 is 0.770 bits per heavy atom. The summed E-state index contributed by atoms with van der Waals surface area (Å²) in [6, 6.07) is 43.1. The molecule has 7 aromatic carbocycles. The molecule has 5 aliphatic rings. The summed E-state index contributed by atoms with van der Waals surface area (Å²) in [7, 11) is 4.71. The zero-order valence-electron chi connectivity index (χ0n) is 76.2. The molecule has 704 valence electrons. The maximum absolute atomic E-state index is 13.4. The second kappa shape index (κ2) is 42.4. The number of piperidine rings is 1. The summed E-state index contributed by atoms with van der Waals surface area (Å²) in [5, 5.41) is 39.9. The van der Waals surface area contributed by atoms with E-state index in [0.29, 0.717) is 111 Å². The first-order valence-electron chi connectivity index (χ1n) is 45.1. The number of benzene rings is 7. The summed E-state index contributed by atoms with van der Waals surface area (Å²) in [4.78, 5) is 93.1. The van der Waals surface area contributed by atoms with E-state index < -0.39 is 17.4 Å². The number of amides is 4. The maximum Gasteiger partial charge on any atom is 0.270 e. The van der Waals surface area contributed by atoms with Crippen molar-refractivity contribution in [2.45, 2.75) is 91.1 Å². The van der Waals surface area contributed by atoms with Gasteiger partial charge >= 0.3 is 0 Å². The SMILES string of the molecule is CC(F)(F)c1ccc(C(=O)Nc2cn[nH]c2-c2nc3ccc(CN4CCOCC4)cc3[nH]2)cc1.COc1cc2nc(-c3[nH]ncc3NC(=O)C3CCN(Cc4ccccc4)CC3)[nH]c2cc1OC.COc1ccc(OC(C)(C)C)cc1C(=O)Nc1cn[nH]c1-c1nc2ccc(CN3CCOCC3)cc2[nH]1.O=C(Nc1cn[nH]c1-c1nc2ccc(CN3CCOCC3)cc2[nH]1)C1CCOCC1. The van der Waals surface area contributed by atoms with Crippen molar-refractivity contribution in [3.63, 3.8) is 0 Å². The number of nitrogens with zero attached hydrogens (tertiary/aromatic N) is 12. The van der Waals surface area contributed by atoms with Crippen molar-refractivity contribution in [3.8, 4) is 69.1 Å². The lowest BCUT2D eigenvalue weighted by Crippen LogP contribution is -2.37. The largest absolute Gasteiger partial charge is 0.496 e. The van der Waals surface area contributed by atoms with Crippen molar-refractivity contribution in [2.24, 2.45) is 11.8 Å². The van der Waals surface area contributed by atoms with E-state index in [4.69, 9.17) is 47.9 Å². The van der Waals surface area contributed by atoms with Gasteiger partial charge in [0.05, 0.1) is 158 Å². The number of likely N-dealkylation sites (tertiary alicyclic amines) is 1. The van der Waals surface area contributed by atoms with E-state index >= 15 is 0 Å². The van der Waals surface area contributed by atoms with Crippen LogP contribution in [0.2, 0.25) is 0 Å². The quantitative estimate of drug-likeness (QED) is 0.0253. The van der Waals surface area contributed by atoms with Crippen LogP contribution in [0.25, 0.3) is 90.2 Å². The van der Waals surface area contributed by atoms with Crippen molar-refractivity contribution in [1.82, 2.24) is 100 Å². The standard InChI is InChI=1S/C27H32N6O4.C25H28N6O3.C24H24F2N6O2.C21H26N6O3/c1-27(2,3)37-18-6-8-23(35-4)19(14-18)26(34)31-22-15-28-32-24(22)25-29-20-7-5-17(13-21(20)30-25)16-33-9-11-36-12-10-33;1-33-21-12-18-19(13-22(21)34-2)28-24(27-18)23-20(14-26-30-23)29-25(32)17-8-10-31(11-9-17)15-16-6-4-3-5-7-16;1-24(25,26)17-5-3-16(4-6-17)23(33)30-20-13-27-31-21(20)22-28-18-7-2-15(12-19(18)29-22)14-32-8-10-34-11-9-32;28-21(15-3-7-29-8-4-15)25-18-12-22-26-19(18)20-23-16-2-1-14(11-17(16)24-20)13-27-5-9-30-10-6-27/h5-8,13-15H,9-12,16H2,1-4H3,(H,28,32)(H,29,30)(H,31,34);3-7,12-14,17H,8-11,15H2,1-2H3,(H,26,30)(H,27,28)(H,29,32);2-7,12-13H,8-11,14H2,1H3,(H,27,31)(H,28,29)(H,30,33);1-2,11-12,15H,3-10,13H2,(H,22,26)(H,23,24)(H,25,28). The summed E-state index contributed by atoms with van der Waals surface area (Å²) in [5.74, 6) is 0.823. The Balaban J connectivity index is 0.000000125. The fourth-order valence-corrected chi connectivity index (χ4v) is 16.8. The van der Waals surface area contributed by atoms with Crippen LogP contribution in [0.1, 0.15) is 102 Å². The summed E-state index contributed by atoms with van der Waals surface area (Å²) in [6.45, 7) is 23.5. The first-order valence-corrected chi connectivity index (χ1v) is 45.1. The molecule has 0 radical (unpaired) electrons. The number of carbonyl (C=O) groups is 4. The Bertz CT molecular complexity index is 6510. The normalized spacial score (nSPS) is 15.7. The third-order valence-electron chi connectivity index (χ3n) is 24.0. The monoisotopic (exact) mass is 1840 g/mol. The Morgan fingerprint density at radius 3 is 1.19 bits per heavy atom. The molecule has 5 fully saturated rings. The molecule has 0 spiro atoms. The molecule has 0 unspecified atom stereocenters. The molecule has 5 aliphatic heterocycles. The lowest BCUT2D eigenvalue weighted by molar-refractivity contribution is -0.122. The number of ether oxygens (including phenoxy) is 8. The number of nitrogens with one attached hydrogen (secondary N) is 12. The van der Waals surface area contributed by atoms with Gasteiger partial charge in [0, 0.05) is 121 Å². The van der Waals surface area contributed by atoms with Crippen LogP contribution in [-0.4, -0.2) is 256 Å². The van der Waals surface area contributed by atoms with Crippen molar-refractivity contribution < 1.29 is 65.9 Å². The molecule has 4 amide bonds. The third kappa shape index (κ3) is 23.4. The van der Waals surface area contributed by atoms with E-state index in [1.807, 2.05) is 57.2 Å². The van der Waals surface area contributed by atoms with E-state index in [0.717, 1.165) is 195 Å². The van der Waals surface area contributed by atoms with E-state index in [9.17, 15) is 28.0 Å². The van der Waals surface area contributed by atoms with E-state index in [-0.39, 0.29) is 40.7 Å². The number of fused-ring (bicyclic) bond motifs is 4. The Hall–Kier alpha value is -14.1. The molecule has 0 saturated carbocycles. The first kappa shape index (κ1) is 92.7. The number of anilines is 4. The predicted molar refractivity (Wildman–Crippen MR) is 507 cm³/mol. The second-order valence-electron chi connectivity index (χ2n) is 34.8. The molecule has 0 aliphatic carbocycles. The van der Waals surface area contributed by atoms with Gasteiger partial charge in [0.1, 0.15) is 39.9 Å².